The molecule has 5 atom stereocenters. The number of hydrogen-bond donors (Lipinski definition) is 0. The normalized spacial score (nSPS) is 60.3. The van der Waals surface area contributed by atoms with Crippen molar-refractivity contribution in [2.75, 3.05) is 13.1 Å². The molecule has 2 bridgehead atoms. The zero-order valence-electron chi connectivity index (χ0n) is 7.29. The van der Waals surface area contributed by atoms with E-state index in [-0.39, 0.29) is 0 Å². The minimum Gasteiger partial charge on any atom is -0.300 e. The third kappa shape index (κ3) is 0.703. The minimum atomic E-state index is 1.02. The summed E-state index contributed by atoms with van der Waals surface area (Å²) in [5.41, 5.74) is 0. The van der Waals surface area contributed by atoms with E-state index in [1.165, 1.54) is 32.4 Å². The second kappa shape index (κ2) is 2.01. The van der Waals surface area contributed by atoms with Gasteiger partial charge in [0.15, 0.2) is 0 Å². The molecule has 0 aromatic carbocycles. The second-order valence-corrected chi connectivity index (χ2v) is 4.74. The summed E-state index contributed by atoms with van der Waals surface area (Å²) in [5.74, 6) is 3.23. The van der Waals surface area contributed by atoms with Gasteiger partial charge in [-0.3, -0.25) is 4.90 Å². The van der Waals surface area contributed by atoms with Crippen molar-refractivity contribution in [1.82, 2.24) is 4.90 Å². The summed E-state index contributed by atoms with van der Waals surface area (Å²) in [6, 6.07) is 1.02. The smallest absolute Gasteiger partial charge is 0.0129 e. The van der Waals surface area contributed by atoms with E-state index < -0.39 is 0 Å². The van der Waals surface area contributed by atoms with Crippen molar-refractivity contribution in [1.29, 1.82) is 0 Å². The Morgan fingerprint density at radius 2 is 2.09 bits per heavy atom. The Morgan fingerprint density at radius 3 is 2.91 bits per heavy atom. The van der Waals surface area contributed by atoms with Gasteiger partial charge in [-0.1, -0.05) is 6.92 Å². The fourth-order valence-electron chi connectivity index (χ4n) is 3.83. The van der Waals surface area contributed by atoms with Crippen LogP contribution in [-0.4, -0.2) is 24.0 Å². The van der Waals surface area contributed by atoms with Crippen LogP contribution >= 0.6 is 0 Å². The molecule has 3 fully saturated rings. The van der Waals surface area contributed by atoms with Crippen LogP contribution in [0.25, 0.3) is 0 Å². The summed E-state index contributed by atoms with van der Waals surface area (Å²) in [6.45, 7) is 5.32. The first-order chi connectivity index (χ1) is 5.36. The molecule has 1 heteroatoms. The number of hydrogen-bond acceptors (Lipinski definition) is 1. The molecule has 62 valence electrons. The highest BCUT2D eigenvalue weighted by Crippen LogP contribution is 2.49. The van der Waals surface area contributed by atoms with Gasteiger partial charge in [-0.15, -0.1) is 0 Å². The van der Waals surface area contributed by atoms with Crippen LogP contribution in [-0.2, 0) is 0 Å². The van der Waals surface area contributed by atoms with E-state index in [0.29, 0.717) is 0 Å². The highest BCUT2D eigenvalue weighted by Gasteiger charge is 2.50. The Balaban J connectivity index is 1.91. The fourth-order valence-corrected chi connectivity index (χ4v) is 3.83. The standard InChI is InChI=1S/C10H17N/c1-7-2-3-9-10(7)8-4-5-11(9)6-8/h7-10H,2-6H2,1H3. The van der Waals surface area contributed by atoms with Gasteiger partial charge < -0.3 is 0 Å². The van der Waals surface area contributed by atoms with E-state index in [1.807, 2.05) is 0 Å². The molecule has 1 nitrogen and oxygen atoms in total. The van der Waals surface area contributed by atoms with Crippen LogP contribution in [0.5, 0.6) is 0 Å². The van der Waals surface area contributed by atoms with Crippen LogP contribution < -0.4 is 0 Å². The molecular weight excluding hydrogens is 134 g/mol. The molecule has 0 spiro atoms. The average molecular weight is 151 g/mol. The Kier molecular flexibility index (Phi) is 1.18. The maximum Gasteiger partial charge on any atom is 0.0129 e. The van der Waals surface area contributed by atoms with Crippen molar-refractivity contribution in [3.63, 3.8) is 0 Å². The molecule has 11 heavy (non-hydrogen) atoms. The van der Waals surface area contributed by atoms with Crippen molar-refractivity contribution < 1.29 is 0 Å². The maximum atomic E-state index is 2.75. The zero-order valence-corrected chi connectivity index (χ0v) is 7.29. The predicted molar refractivity (Wildman–Crippen MR) is 45.4 cm³/mol. The average Bonchev–Trinajstić information content (AvgIpc) is 2.60. The number of piperidine rings is 1. The monoisotopic (exact) mass is 151 g/mol. The van der Waals surface area contributed by atoms with Gasteiger partial charge in [-0.05, 0) is 43.6 Å². The molecule has 1 aliphatic carbocycles. The van der Waals surface area contributed by atoms with E-state index in [2.05, 4.69) is 11.8 Å². The second-order valence-electron chi connectivity index (χ2n) is 4.74. The molecule has 0 aromatic heterocycles. The van der Waals surface area contributed by atoms with Crippen molar-refractivity contribution in [2.45, 2.75) is 32.2 Å². The summed E-state index contributed by atoms with van der Waals surface area (Å²) in [4.78, 5) is 2.75. The number of nitrogens with zero attached hydrogens (tertiary/aromatic N) is 1. The van der Waals surface area contributed by atoms with E-state index in [0.717, 1.165) is 23.8 Å². The van der Waals surface area contributed by atoms with Crippen molar-refractivity contribution in [3.8, 4) is 0 Å². The zero-order chi connectivity index (χ0) is 7.42. The molecule has 2 aliphatic heterocycles. The third-order valence-corrected chi connectivity index (χ3v) is 4.29. The Hall–Kier alpha value is -0.0400. The molecule has 3 aliphatic rings. The molecule has 3 rings (SSSR count). The van der Waals surface area contributed by atoms with Gasteiger partial charge in [0, 0.05) is 12.6 Å². The molecule has 0 radical (unpaired) electrons. The molecule has 0 aromatic rings. The largest absolute Gasteiger partial charge is 0.300 e. The lowest BCUT2D eigenvalue weighted by atomic mass is 9.83. The van der Waals surface area contributed by atoms with Gasteiger partial charge >= 0.3 is 0 Å². The summed E-state index contributed by atoms with van der Waals surface area (Å²) in [5, 5.41) is 0. The van der Waals surface area contributed by atoms with Crippen LogP contribution in [0.3, 0.4) is 0 Å². The first-order valence-corrected chi connectivity index (χ1v) is 5.10. The lowest BCUT2D eigenvalue weighted by Gasteiger charge is -2.28. The molecule has 5 unspecified atom stereocenters. The Labute approximate surface area is 68.8 Å². The lowest BCUT2D eigenvalue weighted by molar-refractivity contribution is 0.205. The van der Waals surface area contributed by atoms with Gasteiger partial charge in [0.05, 0.1) is 0 Å². The Morgan fingerprint density at radius 1 is 1.18 bits per heavy atom. The van der Waals surface area contributed by atoms with Crippen LogP contribution in [0.4, 0.5) is 0 Å². The van der Waals surface area contributed by atoms with E-state index in [1.54, 1.807) is 0 Å². The highest BCUT2D eigenvalue weighted by atomic mass is 15.2. The summed E-state index contributed by atoms with van der Waals surface area (Å²) >= 11 is 0. The van der Waals surface area contributed by atoms with Gasteiger partial charge in [0.2, 0.25) is 0 Å². The summed E-state index contributed by atoms with van der Waals surface area (Å²) in [7, 11) is 0. The minimum absolute atomic E-state index is 1.02. The first-order valence-electron chi connectivity index (χ1n) is 5.10. The molecule has 2 heterocycles. The SMILES string of the molecule is CC1CCC2C1C1CCN2C1. The maximum absolute atomic E-state index is 2.75. The quantitative estimate of drug-likeness (QED) is 0.509. The first kappa shape index (κ1) is 6.47. The van der Waals surface area contributed by atoms with Gasteiger partial charge in [-0.25, -0.2) is 0 Å². The Bertz CT molecular complexity index is 178. The molecule has 0 amide bonds. The van der Waals surface area contributed by atoms with E-state index in [9.17, 15) is 0 Å². The van der Waals surface area contributed by atoms with Crippen LogP contribution in [0.15, 0.2) is 0 Å². The molecule has 0 N–H and O–H groups in total. The topological polar surface area (TPSA) is 3.24 Å². The van der Waals surface area contributed by atoms with E-state index >= 15 is 0 Å². The molecule has 1 saturated carbocycles. The summed E-state index contributed by atoms with van der Waals surface area (Å²) in [6.07, 6.45) is 4.51. The predicted octanol–water partition coefficient (Wildman–Crippen LogP) is 1.74. The van der Waals surface area contributed by atoms with Crippen molar-refractivity contribution >= 4 is 0 Å². The highest BCUT2D eigenvalue weighted by molar-refractivity contribution is 5.03. The van der Waals surface area contributed by atoms with Gasteiger partial charge in [-0.2, -0.15) is 0 Å². The van der Waals surface area contributed by atoms with Crippen LogP contribution in [0.2, 0.25) is 0 Å². The van der Waals surface area contributed by atoms with Crippen LogP contribution in [0, 0.1) is 17.8 Å². The van der Waals surface area contributed by atoms with Crippen molar-refractivity contribution in [2.24, 2.45) is 17.8 Å². The number of fused-ring (bicyclic) bond motifs is 5. The number of rotatable bonds is 0. The van der Waals surface area contributed by atoms with Gasteiger partial charge in [0.1, 0.15) is 0 Å². The van der Waals surface area contributed by atoms with E-state index in [4.69, 9.17) is 0 Å². The van der Waals surface area contributed by atoms with Gasteiger partial charge in [0.25, 0.3) is 0 Å². The molecule has 2 saturated heterocycles. The van der Waals surface area contributed by atoms with Crippen molar-refractivity contribution in [3.05, 3.63) is 0 Å². The lowest BCUT2D eigenvalue weighted by Crippen LogP contribution is -2.33. The summed E-state index contributed by atoms with van der Waals surface area (Å²) < 4.78 is 0. The molecular formula is C10H17N. The van der Waals surface area contributed by atoms with Crippen LogP contribution in [0.1, 0.15) is 26.2 Å². The fraction of sp³-hybridized carbons (Fsp3) is 1.00. The third-order valence-electron chi connectivity index (χ3n) is 4.29.